The Morgan fingerprint density at radius 1 is 1.52 bits per heavy atom. The number of nitrogens with zero attached hydrogens (tertiary/aromatic N) is 2. The number of hydrogen-bond acceptors (Lipinski definition) is 6. The van der Waals surface area contributed by atoms with Crippen LogP contribution in [-0.2, 0) is 16.1 Å². The normalized spacial score (nSPS) is 18.2. The number of piperidine rings is 1. The number of aliphatic hydroxyl groups is 1. The van der Waals surface area contributed by atoms with Crippen molar-refractivity contribution in [2.24, 2.45) is 5.92 Å². The van der Waals surface area contributed by atoms with E-state index >= 15 is 0 Å². The van der Waals surface area contributed by atoms with Crippen molar-refractivity contribution in [2.45, 2.75) is 25.5 Å². The van der Waals surface area contributed by atoms with E-state index < -0.39 is 12.1 Å². The van der Waals surface area contributed by atoms with E-state index in [0.29, 0.717) is 36.4 Å². The molecule has 1 aliphatic rings. The number of oxazole rings is 1. The number of esters is 1. The first-order valence-corrected chi connectivity index (χ1v) is 7.60. The zero-order valence-electron chi connectivity index (χ0n) is 12.9. The molecule has 0 saturated carbocycles. The summed E-state index contributed by atoms with van der Waals surface area (Å²) in [7, 11) is 1.27. The van der Waals surface area contributed by atoms with E-state index in [2.05, 4.69) is 14.6 Å². The van der Waals surface area contributed by atoms with E-state index in [1.54, 1.807) is 6.07 Å². The third kappa shape index (κ3) is 3.51. The summed E-state index contributed by atoms with van der Waals surface area (Å²) in [6.45, 7) is 1.98. The van der Waals surface area contributed by atoms with Crippen LogP contribution in [0.3, 0.4) is 0 Å². The number of aliphatic hydroxyl groups excluding tert-OH is 1. The predicted octanol–water partition coefficient (Wildman–Crippen LogP) is 1.71. The molecule has 1 N–H and O–H groups in total. The lowest BCUT2D eigenvalue weighted by Gasteiger charge is -2.32. The van der Waals surface area contributed by atoms with Crippen molar-refractivity contribution in [3.63, 3.8) is 0 Å². The largest absolute Gasteiger partial charge is 0.467 e. The van der Waals surface area contributed by atoms with Crippen LogP contribution in [0.5, 0.6) is 0 Å². The maximum Gasteiger partial charge on any atom is 0.334 e. The van der Waals surface area contributed by atoms with E-state index in [1.807, 2.05) is 0 Å². The summed E-state index contributed by atoms with van der Waals surface area (Å²) in [5.74, 6) is -0.476. The maximum atomic E-state index is 13.2. The molecule has 2 heterocycles. The van der Waals surface area contributed by atoms with Crippen LogP contribution in [0.25, 0.3) is 11.1 Å². The van der Waals surface area contributed by atoms with Crippen molar-refractivity contribution in [3.8, 4) is 0 Å². The Balaban J connectivity index is 1.58. The first-order chi connectivity index (χ1) is 11.1. The highest BCUT2D eigenvalue weighted by Crippen LogP contribution is 2.24. The number of carbonyl (C=O) groups excluding carboxylic acids is 1. The minimum atomic E-state index is -1.06. The third-order valence-corrected chi connectivity index (χ3v) is 4.28. The van der Waals surface area contributed by atoms with Gasteiger partial charge in [-0.3, -0.25) is 4.90 Å². The first-order valence-electron chi connectivity index (χ1n) is 7.60. The molecule has 1 atom stereocenters. The summed E-state index contributed by atoms with van der Waals surface area (Å²) in [4.78, 5) is 17.9. The van der Waals surface area contributed by atoms with E-state index in [4.69, 9.17) is 4.42 Å². The van der Waals surface area contributed by atoms with Crippen molar-refractivity contribution in [1.82, 2.24) is 9.88 Å². The fraction of sp³-hybridized carbons (Fsp3) is 0.500. The number of hydrogen-bond donors (Lipinski definition) is 1. The zero-order chi connectivity index (χ0) is 16.4. The summed E-state index contributed by atoms with van der Waals surface area (Å²) in [6.07, 6.45) is 0.338. The van der Waals surface area contributed by atoms with Crippen molar-refractivity contribution >= 4 is 17.1 Å². The molecule has 1 unspecified atom stereocenters. The van der Waals surface area contributed by atoms with E-state index in [0.717, 1.165) is 13.1 Å². The van der Waals surface area contributed by atoms with Gasteiger partial charge in [-0.1, -0.05) is 0 Å². The number of likely N-dealkylation sites (tertiary alicyclic amines) is 1. The molecule has 1 saturated heterocycles. The zero-order valence-corrected chi connectivity index (χ0v) is 12.9. The van der Waals surface area contributed by atoms with Gasteiger partial charge < -0.3 is 14.3 Å². The van der Waals surface area contributed by atoms with Gasteiger partial charge in [0.25, 0.3) is 0 Å². The molecule has 0 bridgehead atoms. The van der Waals surface area contributed by atoms with Crippen molar-refractivity contribution in [3.05, 3.63) is 29.9 Å². The molecule has 23 heavy (non-hydrogen) atoms. The van der Waals surface area contributed by atoms with Gasteiger partial charge in [0.15, 0.2) is 11.7 Å². The fourth-order valence-electron chi connectivity index (χ4n) is 2.95. The van der Waals surface area contributed by atoms with Gasteiger partial charge in [0.1, 0.15) is 11.3 Å². The molecule has 0 aliphatic carbocycles. The first kappa shape index (κ1) is 15.9. The molecule has 2 aromatic rings. The Kier molecular flexibility index (Phi) is 4.58. The molecule has 0 spiro atoms. The Bertz CT molecular complexity index is 694. The number of carbonyl (C=O) groups is 1. The number of halogens is 1. The van der Waals surface area contributed by atoms with Crippen LogP contribution >= 0.6 is 0 Å². The second-order valence-electron chi connectivity index (χ2n) is 5.80. The van der Waals surface area contributed by atoms with E-state index in [1.165, 1.54) is 19.2 Å². The molecule has 1 aliphatic heterocycles. The number of benzene rings is 1. The van der Waals surface area contributed by atoms with Crippen LogP contribution in [0.2, 0.25) is 0 Å². The molecule has 0 radical (unpaired) electrons. The third-order valence-electron chi connectivity index (χ3n) is 4.28. The molecule has 6 nitrogen and oxygen atoms in total. The van der Waals surface area contributed by atoms with E-state index in [-0.39, 0.29) is 11.7 Å². The number of fused-ring (bicyclic) bond motifs is 1. The van der Waals surface area contributed by atoms with Gasteiger partial charge in [-0.05, 0) is 44.0 Å². The smallest absolute Gasteiger partial charge is 0.334 e. The standard InChI is InChI=1S/C16H19FN2O4/c1-22-16(21)15(20)10-4-6-19(7-5-10)9-14-18-12-3-2-11(17)8-13(12)23-14/h2-3,8,10,15,20H,4-7,9H2,1H3. The highest BCUT2D eigenvalue weighted by molar-refractivity contribution is 5.74. The molecule has 1 aromatic heterocycles. The Morgan fingerprint density at radius 2 is 2.26 bits per heavy atom. The molecule has 1 aromatic carbocycles. The van der Waals surface area contributed by atoms with E-state index in [9.17, 15) is 14.3 Å². The highest BCUT2D eigenvalue weighted by Gasteiger charge is 2.30. The van der Waals surface area contributed by atoms with Gasteiger partial charge >= 0.3 is 5.97 Å². The number of ether oxygens (including phenoxy) is 1. The van der Waals surface area contributed by atoms with Gasteiger partial charge in [0.2, 0.25) is 5.89 Å². The quantitative estimate of drug-likeness (QED) is 0.864. The summed E-state index contributed by atoms with van der Waals surface area (Å²) >= 11 is 0. The Morgan fingerprint density at radius 3 is 2.96 bits per heavy atom. The summed E-state index contributed by atoms with van der Waals surface area (Å²) < 4.78 is 23.3. The summed E-state index contributed by atoms with van der Waals surface area (Å²) in [6, 6.07) is 4.27. The lowest BCUT2D eigenvalue weighted by atomic mass is 9.91. The Hall–Kier alpha value is -1.99. The summed E-state index contributed by atoms with van der Waals surface area (Å²) in [5, 5.41) is 9.88. The molecule has 3 rings (SSSR count). The topological polar surface area (TPSA) is 75.8 Å². The monoisotopic (exact) mass is 322 g/mol. The molecule has 7 heteroatoms. The second kappa shape index (κ2) is 6.64. The number of rotatable bonds is 4. The maximum absolute atomic E-state index is 13.2. The predicted molar refractivity (Wildman–Crippen MR) is 80.0 cm³/mol. The second-order valence-corrected chi connectivity index (χ2v) is 5.80. The molecular weight excluding hydrogens is 303 g/mol. The molecular formula is C16H19FN2O4. The van der Waals surface area contributed by atoms with Gasteiger partial charge in [0, 0.05) is 6.07 Å². The van der Waals surface area contributed by atoms with Crippen molar-refractivity contribution in [1.29, 1.82) is 0 Å². The Labute approximate surface area is 132 Å². The molecule has 1 fully saturated rings. The van der Waals surface area contributed by atoms with Crippen LogP contribution in [-0.4, -0.2) is 47.3 Å². The van der Waals surface area contributed by atoms with Crippen molar-refractivity contribution < 1.29 is 23.4 Å². The average molecular weight is 322 g/mol. The van der Waals surface area contributed by atoms with Crippen LogP contribution in [0.4, 0.5) is 4.39 Å². The van der Waals surface area contributed by atoms with Gasteiger partial charge in [-0.25, -0.2) is 14.2 Å². The van der Waals surface area contributed by atoms with Gasteiger partial charge in [-0.15, -0.1) is 0 Å². The summed E-state index contributed by atoms with van der Waals surface area (Å²) in [5.41, 5.74) is 1.08. The average Bonchev–Trinajstić information content (AvgIpc) is 2.95. The molecule has 124 valence electrons. The van der Waals surface area contributed by atoms with Crippen molar-refractivity contribution in [2.75, 3.05) is 20.2 Å². The minimum Gasteiger partial charge on any atom is -0.467 e. The van der Waals surface area contributed by atoms with Crippen LogP contribution < -0.4 is 0 Å². The minimum absolute atomic E-state index is 0.0866. The highest BCUT2D eigenvalue weighted by atomic mass is 19.1. The lowest BCUT2D eigenvalue weighted by molar-refractivity contribution is -0.154. The van der Waals surface area contributed by atoms with Crippen LogP contribution in [0.1, 0.15) is 18.7 Å². The van der Waals surface area contributed by atoms with Crippen LogP contribution in [0.15, 0.2) is 22.6 Å². The fourth-order valence-corrected chi connectivity index (χ4v) is 2.95. The molecule has 0 amide bonds. The number of aromatic nitrogens is 1. The van der Waals surface area contributed by atoms with Gasteiger partial charge in [0.05, 0.1) is 13.7 Å². The lowest BCUT2D eigenvalue weighted by Crippen LogP contribution is -2.40. The van der Waals surface area contributed by atoms with Crippen LogP contribution in [0, 0.1) is 11.7 Å². The number of methoxy groups -OCH3 is 1. The van der Waals surface area contributed by atoms with Gasteiger partial charge in [-0.2, -0.15) is 0 Å². The SMILES string of the molecule is COC(=O)C(O)C1CCN(Cc2nc3ccc(F)cc3o2)CC1.